The topological polar surface area (TPSA) is 78.3 Å². The lowest BCUT2D eigenvalue weighted by Crippen LogP contribution is -2.13. The maximum Gasteiger partial charge on any atom is 0.417 e. The van der Waals surface area contributed by atoms with Crippen molar-refractivity contribution in [3.63, 3.8) is 0 Å². The predicted molar refractivity (Wildman–Crippen MR) is 85.6 cm³/mol. The number of amides is 1. The van der Waals surface area contributed by atoms with Gasteiger partial charge in [-0.15, -0.1) is 0 Å². The van der Waals surface area contributed by atoms with Gasteiger partial charge in [-0.05, 0) is 42.5 Å². The first kappa shape index (κ1) is 13.9. The number of aromatic amines is 1. The van der Waals surface area contributed by atoms with E-state index in [4.69, 9.17) is 4.42 Å². The van der Waals surface area contributed by atoms with Gasteiger partial charge in [-0.1, -0.05) is 0 Å². The summed E-state index contributed by atoms with van der Waals surface area (Å²) in [4.78, 5) is 27.8. The van der Waals surface area contributed by atoms with Gasteiger partial charge in [0.1, 0.15) is 0 Å². The highest BCUT2D eigenvalue weighted by Gasteiger charge is 2.08. The quantitative estimate of drug-likeness (QED) is 0.778. The lowest BCUT2D eigenvalue weighted by atomic mass is 10.2. The molecule has 0 unspecified atom stereocenters. The van der Waals surface area contributed by atoms with Gasteiger partial charge < -0.3 is 14.6 Å². The Morgan fingerprint density at radius 2 is 1.86 bits per heavy atom. The van der Waals surface area contributed by atoms with Gasteiger partial charge in [0.25, 0.3) is 5.91 Å². The molecule has 0 fully saturated rings. The zero-order valence-electron chi connectivity index (χ0n) is 12.2. The van der Waals surface area contributed by atoms with Gasteiger partial charge in [0.15, 0.2) is 5.58 Å². The zero-order chi connectivity index (χ0) is 15.7. The second-order valence-corrected chi connectivity index (χ2v) is 5.12. The van der Waals surface area contributed by atoms with Crippen LogP contribution in [0.5, 0.6) is 0 Å². The van der Waals surface area contributed by atoms with Gasteiger partial charge in [0.05, 0.1) is 5.52 Å². The molecule has 0 atom stereocenters. The molecule has 0 aliphatic carbocycles. The van der Waals surface area contributed by atoms with E-state index in [1.54, 1.807) is 30.3 Å². The van der Waals surface area contributed by atoms with Crippen molar-refractivity contribution in [2.45, 2.75) is 0 Å². The summed E-state index contributed by atoms with van der Waals surface area (Å²) in [5.41, 5.74) is 3.18. The van der Waals surface area contributed by atoms with Crippen LogP contribution >= 0.6 is 0 Å². The van der Waals surface area contributed by atoms with Crippen LogP contribution in [-0.4, -0.2) is 25.0 Å². The highest BCUT2D eigenvalue weighted by atomic mass is 16.4. The van der Waals surface area contributed by atoms with E-state index in [1.807, 2.05) is 31.1 Å². The highest BCUT2D eigenvalue weighted by Crippen LogP contribution is 2.18. The number of nitrogens with zero attached hydrogens (tertiary/aromatic N) is 1. The molecular formula is C16H15N3O3. The number of carbonyl (C=O) groups is 1. The molecule has 0 spiro atoms. The Morgan fingerprint density at radius 3 is 2.55 bits per heavy atom. The molecule has 1 aromatic heterocycles. The third-order valence-electron chi connectivity index (χ3n) is 3.32. The van der Waals surface area contributed by atoms with E-state index in [1.165, 1.54) is 0 Å². The number of aromatic nitrogens is 1. The summed E-state index contributed by atoms with van der Waals surface area (Å²) in [6.07, 6.45) is 0. The zero-order valence-corrected chi connectivity index (χ0v) is 12.2. The lowest BCUT2D eigenvalue weighted by Gasteiger charge is -2.12. The molecule has 1 amide bonds. The van der Waals surface area contributed by atoms with Crippen LogP contribution < -0.4 is 16.0 Å². The Balaban J connectivity index is 1.81. The molecule has 3 rings (SSSR count). The fraction of sp³-hybridized carbons (Fsp3) is 0.125. The average molecular weight is 297 g/mol. The Morgan fingerprint density at radius 1 is 1.14 bits per heavy atom. The van der Waals surface area contributed by atoms with Crippen LogP contribution in [0.15, 0.2) is 51.7 Å². The normalized spacial score (nSPS) is 10.6. The number of carbonyl (C=O) groups excluding carboxylic acids is 1. The number of benzene rings is 2. The van der Waals surface area contributed by atoms with Gasteiger partial charge in [-0.2, -0.15) is 0 Å². The Labute approximate surface area is 126 Å². The van der Waals surface area contributed by atoms with Crippen molar-refractivity contribution in [3.8, 4) is 0 Å². The summed E-state index contributed by atoms with van der Waals surface area (Å²) in [5, 5.41) is 2.79. The Hall–Kier alpha value is -3.02. The highest BCUT2D eigenvalue weighted by molar-refractivity contribution is 6.05. The lowest BCUT2D eigenvalue weighted by molar-refractivity contribution is 0.102. The molecule has 0 aliphatic rings. The SMILES string of the molecule is CN(C)c1ccc(C(=O)Nc2ccc3oc(=O)[nH]c3c2)cc1. The summed E-state index contributed by atoms with van der Waals surface area (Å²) in [6.45, 7) is 0. The van der Waals surface area contributed by atoms with E-state index < -0.39 is 5.76 Å². The van der Waals surface area contributed by atoms with Crippen molar-refractivity contribution in [1.82, 2.24) is 4.98 Å². The number of hydrogen-bond donors (Lipinski definition) is 2. The van der Waals surface area contributed by atoms with Gasteiger partial charge in [-0.3, -0.25) is 9.78 Å². The number of nitrogens with one attached hydrogen (secondary N) is 2. The van der Waals surface area contributed by atoms with E-state index in [9.17, 15) is 9.59 Å². The molecule has 0 saturated heterocycles. The summed E-state index contributed by atoms with van der Waals surface area (Å²) < 4.78 is 4.92. The van der Waals surface area contributed by atoms with E-state index in [2.05, 4.69) is 10.3 Å². The Bertz CT molecular complexity index is 876. The maximum atomic E-state index is 12.2. The van der Waals surface area contributed by atoms with E-state index in [0.29, 0.717) is 22.4 Å². The minimum atomic E-state index is -0.516. The second kappa shape index (κ2) is 5.40. The minimum absolute atomic E-state index is 0.213. The predicted octanol–water partition coefficient (Wildman–Crippen LogP) is 2.44. The van der Waals surface area contributed by atoms with Crippen molar-refractivity contribution in [2.75, 3.05) is 24.3 Å². The van der Waals surface area contributed by atoms with Crippen LogP contribution in [0.25, 0.3) is 11.1 Å². The summed E-state index contributed by atoms with van der Waals surface area (Å²) in [6, 6.07) is 12.3. The fourth-order valence-electron chi connectivity index (χ4n) is 2.14. The molecule has 1 heterocycles. The van der Waals surface area contributed by atoms with E-state index in [0.717, 1.165) is 5.69 Å². The molecule has 0 bridgehead atoms. The Kier molecular flexibility index (Phi) is 3.42. The van der Waals surface area contributed by atoms with Crippen LogP contribution in [0.4, 0.5) is 11.4 Å². The van der Waals surface area contributed by atoms with Crippen molar-refractivity contribution in [1.29, 1.82) is 0 Å². The van der Waals surface area contributed by atoms with Gasteiger partial charge in [-0.25, -0.2) is 4.79 Å². The van der Waals surface area contributed by atoms with Crippen LogP contribution in [0, 0.1) is 0 Å². The number of hydrogen-bond acceptors (Lipinski definition) is 4. The number of anilines is 2. The number of rotatable bonds is 3. The first-order valence-electron chi connectivity index (χ1n) is 6.74. The molecular weight excluding hydrogens is 282 g/mol. The summed E-state index contributed by atoms with van der Waals surface area (Å²) >= 11 is 0. The average Bonchev–Trinajstić information content (AvgIpc) is 2.86. The largest absolute Gasteiger partial charge is 0.417 e. The van der Waals surface area contributed by atoms with Crippen molar-refractivity contribution < 1.29 is 9.21 Å². The van der Waals surface area contributed by atoms with Crippen molar-refractivity contribution in [2.24, 2.45) is 0 Å². The molecule has 3 aromatic rings. The third-order valence-corrected chi connectivity index (χ3v) is 3.32. The van der Waals surface area contributed by atoms with Crippen molar-refractivity contribution in [3.05, 3.63) is 58.6 Å². The fourth-order valence-corrected chi connectivity index (χ4v) is 2.14. The van der Waals surface area contributed by atoms with Crippen LogP contribution in [0.2, 0.25) is 0 Å². The molecule has 2 aromatic carbocycles. The van der Waals surface area contributed by atoms with Gasteiger partial charge >= 0.3 is 5.76 Å². The summed E-state index contributed by atoms with van der Waals surface area (Å²) in [7, 11) is 3.88. The smallest absolute Gasteiger partial charge is 0.408 e. The van der Waals surface area contributed by atoms with E-state index in [-0.39, 0.29) is 5.91 Å². The van der Waals surface area contributed by atoms with Crippen molar-refractivity contribution >= 4 is 28.4 Å². The maximum absolute atomic E-state index is 12.2. The molecule has 22 heavy (non-hydrogen) atoms. The molecule has 2 N–H and O–H groups in total. The number of oxazole rings is 1. The second-order valence-electron chi connectivity index (χ2n) is 5.12. The minimum Gasteiger partial charge on any atom is -0.408 e. The van der Waals surface area contributed by atoms with Gasteiger partial charge in [0, 0.05) is 31.0 Å². The first-order chi connectivity index (χ1) is 10.5. The van der Waals surface area contributed by atoms with Crippen LogP contribution in [-0.2, 0) is 0 Å². The van der Waals surface area contributed by atoms with E-state index >= 15 is 0 Å². The monoisotopic (exact) mass is 297 g/mol. The molecule has 6 heteroatoms. The molecule has 0 radical (unpaired) electrons. The molecule has 0 aliphatic heterocycles. The first-order valence-corrected chi connectivity index (χ1v) is 6.74. The standard InChI is InChI=1S/C16H15N3O3/c1-19(2)12-6-3-10(4-7-12)15(20)17-11-5-8-14-13(9-11)18-16(21)22-14/h3-9H,1-2H3,(H,17,20)(H,18,21). The van der Waals surface area contributed by atoms with Crippen LogP contribution in [0.1, 0.15) is 10.4 Å². The number of H-pyrrole nitrogens is 1. The van der Waals surface area contributed by atoms with Gasteiger partial charge in [0.2, 0.25) is 0 Å². The van der Waals surface area contributed by atoms with Crippen LogP contribution in [0.3, 0.4) is 0 Å². The number of fused-ring (bicyclic) bond motifs is 1. The molecule has 0 saturated carbocycles. The molecule has 112 valence electrons. The summed E-state index contributed by atoms with van der Waals surface area (Å²) in [5.74, 6) is -0.728. The molecule has 6 nitrogen and oxygen atoms in total. The third kappa shape index (κ3) is 2.71.